The van der Waals surface area contributed by atoms with Gasteiger partial charge in [-0.05, 0) is 53.5 Å². The van der Waals surface area contributed by atoms with Crippen LogP contribution in [0.25, 0.3) is 5.65 Å². The van der Waals surface area contributed by atoms with E-state index < -0.39 is 0 Å². The SMILES string of the molecule is Cc1cc(C)n2ncc(C(=O)Nc3nn(Cc4ccc(Cl)cc4Cl)cc3Br)c2n1. The van der Waals surface area contributed by atoms with Crippen LogP contribution in [0.5, 0.6) is 0 Å². The summed E-state index contributed by atoms with van der Waals surface area (Å²) in [5.41, 5.74) is 3.45. The van der Waals surface area contributed by atoms with Crippen LogP contribution in [-0.4, -0.2) is 30.3 Å². The summed E-state index contributed by atoms with van der Waals surface area (Å²) in [4.78, 5) is 17.2. The molecule has 0 saturated carbocycles. The molecule has 0 radical (unpaired) electrons. The second kappa shape index (κ2) is 7.78. The van der Waals surface area contributed by atoms with Crippen LogP contribution < -0.4 is 5.32 Å². The maximum Gasteiger partial charge on any atom is 0.262 e. The zero-order valence-electron chi connectivity index (χ0n) is 15.4. The molecule has 0 aliphatic heterocycles. The molecule has 1 amide bonds. The fourth-order valence-electron chi connectivity index (χ4n) is 2.99. The predicted molar refractivity (Wildman–Crippen MR) is 116 cm³/mol. The van der Waals surface area contributed by atoms with E-state index in [1.807, 2.05) is 26.0 Å². The Balaban J connectivity index is 1.58. The maximum atomic E-state index is 12.8. The van der Waals surface area contributed by atoms with Crippen LogP contribution in [0.3, 0.4) is 0 Å². The van der Waals surface area contributed by atoms with Gasteiger partial charge < -0.3 is 5.32 Å². The molecule has 3 heterocycles. The Labute approximate surface area is 184 Å². The van der Waals surface area contributed by atoms with Gasteiger partial charge in [0.1, 0.15) is 5.56 Å². The summed E-state index contributed by atoms with van der Waals surface area (Å²) < 4.78 is 3.96. The molecule has 0 aliphatic rings. The average molecular weight is 494 g/mol. The van der Waals surface area contributed by atoms with Crippen molar-refractivity contribution >= 4 is 56.5 Å². The van der Waals surface area contributed by atoms with Gasteiger partial charge in [0.05, 0.1) is 17.2 Å². The Morgan fingerprint density at radius 3 is 2.79 bits per heavy atom. The van der Waals surface area contributed by atoms with Gasteiger partial charge in [-0.15, -0.1) is 0 Å². The van der Waals surface area contributed by atoms with Crippen LogP contribution in [-0.2, 0) is 6.54 Å². The molecule has 1 aromatic carbocycles. The van der Waals surface area contributed by atoms with Crippen molar-refractivity contribution in [1.82, 2.24) is 24.4 Å². The van der Waals surface area contributed by atoms with E-state index in [2.05, 4.69) is 36.4 Å². The van der Waals surface area contributed by atoms with Crippen molar-refractivity contribution in [2.75, 3.05) is 5.32 Å². The Bertz CT molecular complexity index is 1250. The number of rotatable bonds is 4. The number of nitrogens with zero attached hydrogens (tertiary/aromatic N) is 5. The monoisotopic (exact) mass is 492 g/mol. The van der Waals surface area contributed by atoms with E-state index in [4.69, 9.17) is 23.2 Å². The van der Waals surface area contributed by atoms with Crippen molar-refractivity contribution in [3.63, 3.8) is 0 Å². The number of nitrogens with one attached hydrogen (secondary N) is 1. The smallest absolute Gasteiger partial charge is 0.262 e. The summed E-state index contributed by atoms with van der Waals surface area (Å²) in [5, 5.41) is 12.6. The fraction of sp³-hybridized carbons (Fsp3) is 0.158. The van der Waals surface area contributed by atoms with E-state index in [1.54, 1.807) is 27.5 Å². The molecular formula is C19H15BrCl2N6O. The molecule has 3 aromatic heterocycles. The molecule has 0 bridgehead atoms. The zero-order chi connectivity index (χ0) is 20.7. The molecule has 29 heavy (non-hydrogen) atoms. The van der Waals surface area contributed by atoms with Crippen molar-refractivity contribution in [3.8, 4) is 0 Å². The molecule has 1 N–H and O–H groups in total. The number of carbonyl (C=O) groups is 1. The van der Waals surface area contributed by atoms with Gasteiger partial charge in [-0.1, -0.05) is 29.3 Å². The second-order valence-corrected chi connectivity index (χ2v) is 8.24. The van der Waals surface area contributed by atoms with Gasteiger partial charge in [0.15, 0.2) is 11.5 Å². The third-order valence-corrected chi connectivity index (χ3v) is 5.49. The molecule has 0 fully saturated rings. The first kappa shape index (κ1) is 19.9. The molecule has 0 saturated heterocycles. The van der Waals surface area contributed by atoms with Crippen molar-refractivity contribution < 1.29 is 4.79 Å². The summed E-state index contributed by atoms with van der Waals surface area (Å²) in [5.74, 6) is 0.0526. The summed E-state index contributed by atoms with van der Waals surface area (Å²) in [6, 6.07) is 7.20. The first-order chi connectivity index (χ1) is 13.8. The van der Waals surface area contributed by atoms with Crippen LogP contribution in [0.2, 0.25) is 10.0 Å². The van der Waals surface area contributed by atoms with E-state index in [1.165, 1.54) is 6.20 Å². The van der Waals surface area contributed by atoms with Crippen LogP contribution in [0, 0.1) is 13.8 Å². The molecule has 0 unspecified atom stereocenters. The van der Waals surface area contributed by atoms with E-state index in [0.717, 1.165) is 17.0 Å². The average Bonchev–Trinajstić information content (AvgIpc) is 3.21. The Morgan fingerprint density at radius 1 is 1.24 bits per heavy atom. The van der Waals surface area contributed by atoms with Gasteiger partial charge in [0.2, 0.25) is 0 Å². The number of carbonyl (C=O) groups excluding carboxylic acids is 1. The molecule has 0 aliphatic carbocycles. The van der Waals surface area contributed by atoms with Gasteiger partial charge in [0.25, 0.3) is 5.91 Å². The lowest BCUT2D eigenvalue weighted by atomic mass is 10.2. The first-order valence-corrected chi connectivity index (χ1v) is 10.2. The third-order valence-electron chi connectivity index (χ3n) is 4.32. The van der Waals surface area contributed by atoms with Gasteiger partial charge in [-0.25, -0.2) is 9.50 Å². The quantitative estimate of drug-likeness (QED) is 0.438. The second-order valence-electron chi connectivity index (χ2n) is 6.55. The highest BCUT2D eigenvalue weighted by molar-refractivity contribution is 9.10. The molecule has 10 heteroatoms. The molecule has 148 valence electrons. The lowest BCUT2D eigenvalue weighted by Gasteiger charge is -2.05. The summed E-state index contributed by atoms with van der Waals surface area (Å²) in [6.45, 7) is 4.22. The lowest BCUT2D eigenvalue weighted by Crippen LogP contribution is -2.13. The van der Waals surface area contributed by atoms with E-state index in [0.29, 0.717) is 38.1 Å². The number of amides is 1. The number of fused-ring (bicyclic) bond motifs is 1. The Morgan fingerprint density at radius 2 is 2.03 bits per heavy atom. The number of aromatic nitrogens is 5. The number of halogens is 3. The van der Waals surface area contributed by atoms with E-state index in [-0.39, 0.29) is 5.91 Å². The lowest BCUT2D eigenvalue weighted by molar-refractivity contribution is 0.102. The highest BCUT2D eigenvalue weighted by atomic mass is 79.9. The molecule has 4 rings (SSSR count). The molecule has 0 spiro atoms. The number of anilines is 1. The van der Waals surface area contributed by atoms with Crippen LogP contribution in [0.4, 0.5) is 5.82 Å². The normalized spacial score (nSPS) is 11.2. The summed E-state index contributed by atoms with van der Waals surface area (Å²) in [7, 11) is 0. The minimum atomic E-state index is -0.340. The first-order valence-electron chi connectivity index (χ1n) is 8.62. The number of hydrogen-bond donors (Lipinski definition) is 1. The highest BCUT2D eigenvalue weighted by Crippen LogP contribution is 2.25. The highest BCUT2D eigenvalue weighted by Gasteiger charge is 2.18. The number of aryl methyl sites for hydroxylation is 2. The predicted octanol–water partition coefficient (Wildman–Crippen LogP) is 4.91. The van der Waals surface area contributed by atoms with Gasteiger partial charge >= 0.3 is 0 Å². The molecule has 4 aromatic rings. The zero-order valence-corrected chi connectivity index (χ0v) is 18.5. The van der Waals surface area contributed by atoms with Crippen molar-refractivity contribution in [3.05, 3.63) is 73.7 Å². The standard InChI is InChI=1S/C19H15BrCl2N6O/c1-10-5-11(2)28-18(24-10)14(7-23-28)19(29)25-17-15(20)9-27(26-17)8-12-3-4-13(21)6-16(12)22/h3-7,9H,8H2,1-2H3,(H,25,26,29). The van der Waals surface area contributed by atoms with Gasteiger partial charge in [-0.3, -0.25) is 9.48 Å². The summed E-state index contributed by atoms with van der Waals surface area (Å²) >= 11 is 15.6. The Hall–Kier alpha value is -2.42. The minimum absolute atomic E-state index is 0.340. The van der Waals surface area contributed by atoms with Crippen molar-refractivity contribution in [2.45, 2.75) is 20.4 Å². The maximum absolute atomic E-state index is 12.8. The third kappa shape index (κ3) is 4.01. The molecule has 0 atom stereocenters. The van der Waals surface area contributed by atoms with Gasteiger partial charge in [0, 0.05) is 27.6 Å². The largest absolute Gasteiger partial charge is 0.304 e. The number of benzene rings is 1. The van der Waals surface area contributed by atoms with Crippen LogP contribution >= 0.6 is 39.1 Å². The molecular weight excluding hydrogens is 479 g/mol. The van der Waals surface area contributed by atoms with E-state index in [9.17, 15) is 4.79 Å². The van der Waals surface area contributed by atoms with Crippen molar-refractivity contribution in [1.29, 1.82) is 0 Å². The minimum Gasteiger partial charge on any atom is -0.304 e. The fourth-order valence-corrected chi connectivity index (χ4v) is 3.88. The van der Waals surface area contributed by atoms with Crippen LogP contribution in [0.1, 0.15) is 27.3 Å². The van der Waals surface area contributed by atoms with Gasteiger partial charge in [-0.2, -0.15) is 10.2 Å². The Kier molecular flexibility index (Phi) is 5.33. The van der Waals surface area contributed by atoms with Crippen LogP contribution in [0.15, 0.2) is 41.1 Å². The molecule has 7 nitrogen and oxygen atoms in total. The summed E-state index contributed by atoms with van der Waals surface area (Å²) in [6.07, 6.45) is 3.27. The van der Waals surface area contributed by atoms with Crippen molar-refractivity contribution in [2.24, 2.45) is 0 Å². The topological polar surface area (TPSA) is 77.1 Å². The number of hydrogen-bond acceptors (Lipinski definition) is 4. The van der Waals surface area contributed by atoms with E-state index >= 15 is 0 Å².